The van der Waals surface area contributed by atoms with E-state index in [9.17, 15) is 0 Å². The molecule has 0 radical (unpaired) electrons. The molecule has 0 saturated carbocycles. The molecule has 1 atom stereocenters. The fraction of sp³-hybridized carbons (Fsp3) is 1.00. The summed E-state index contributed by atoms with van der Waals surface area (Å²) >= 11 is 0. The van der Waals surface area contributed by atoms with Crippen LogP contribution in [0, 0.1) is 0 Å². The van der Waals surface area contributed by atoms with E-state index in [2.05, 4.69) is 19.2 Å². The number of hydrogen-bond acceptors (Lipinski definition) is 3. The van der Waals surface area contributed by atoms with Gasteiger partial charge >= 0.3 is 0 Å². The maximum atomic E-state index is 8.55. The highest BCUT2D eigenvalue weighted by atomic mass is 16.5. The molecule has 3 nitrogen and oxygen atoms in total. The van der Waals surface area contributed by atoms with Crippen molar-refractivity contribution in [1.82, 2.24) is 5.32 Å². The van der Waals surface area contributed by atoms with Crippen molar-refractivity contribution in [1.29, 1.82) is 0 Å². The molecule has 0 rings (SSSR count). The van der Waals surface area contributed by atoms with Gasteiger partial charge in [-0.25, -0.2) is 0 Å². The van der Waals surface area contributed by atoms with E-state index in [0.717, 1.165) is 25.9 Å². The molecule has 0 aliphatic carbocycles. The number of nitrogens with one attached hydrogen (secondary N) is 1. The van der Waals surface area contributed by atoms with Crippen molar-refractivity contribution in [2.75, 3.05) is 19.9 Å². The highest BCUT2D eigenvalue weighted by Crippen LogP contribution is 1.96. The Hall–Kier alpha value is -0.120. The van der Waals surface area contributed by atoms with Gasteiger partial charge in [-0.2, -0.15) is 0 Å². The molecule has 3 heteroatoms. The highest BCUT2D eigenvalue weighted by Gasteiger charge is 1.97. The van der Waals surface area contributed by atoms with Gasteiger partial charge in [0.1, 0.15) is 0 Å². The zero-order valence-corrected chi connectivity index (χ0v) is 9.59. The number of aliphatic hydroxyl groups excluding tert-OH is 1. The topological polar surface area (TPSA) is 41.5 Å². The lowest BCUT2D eigenvalue weighted by molar-refractivity contribution is 0.104. The van der Waals surface area contributed by atoms with Gasteiger partial charge in [-0.05, 0) is 32.6 Å². The normalized spacial score (nSPS) is 13.1. The van der Waals surface area contributed by atoms with Gasteiger partial charge in [0, 0.05) is 19.3 Å². The second-order valence-corrected chi connectivity index (χ2v) is 3.73. The molecular formula is C11H25NO2. The molecule has 0 spiro atoms. The van der Waals surface area contributed by atoms with Gasteiger partial charge in [0.15, 0.2) is 0 Å². The van der Waals surface area contributed by atoms with Crippen LogP contribution in [-0.4, -0.2) is 31.1 Å². The van der Waals surface area contributed by atoms with E-state index >= 15 is 0 Å². The molecule has 0 saturated heterocycles. The van der Waals surface area contributed by atoms with E-state index < -0.39 is 0 Å². The van der Waals surface area contributed by atoms with Crippen molar-refractivity contribution in [3.63, 3.8) is 0 Å². The van der Waals surface area contributed by atoms with Crippen LogP contribution in [0.3, 0.4) is 0 Å². The molecule has 14 heavy (non-hydrogen) atoms. The minimum Gasteiger partial charge on any atom is -0.396 e. The van der Waals surface area contributed by atoms with E-state index in [1.54, 1.807) is 0 Å². The van der Waals surface area contributed by atoms with Crippen molar-refractivity contribution in [2.24, 2.45) is 0 Å². The Balaban J connectivity index is 2.98. The zero-order chi connectivity index (χ0) is 10.6. The average molecular weight is 203 g/mol. The van der Waals surface area contributed by atoms with E-state index in [1.807, 2.05) is 0 Å². The Kier molecular flexibility index (Phi) is 10.9. The number of aliphatic hydroxyl groups is 1. The van der Waals surface area contributed by atoms with E-state index in [0.29, 0.717) is 19.4 Å². The summed E-state index contributed by atoms with van der Waals surface area (Å²) in [4.78, 5) is 0. The molecule has 0 bridgehead atoms. The number of unbranched alkanes of at least 4 members (excludes halogenated alkanes) is 2. The van der Waals surface area contributed by atoms with Crippen LogP contribution in [0.5, 0.6) is 0 Å². The van der Waals surface area contributed by atoms with Crippen molar-refractivity contribution in [2.45, 2.75) is 52.0 Å². The summed E-state index contributed by atoms with van der Waals surface area (Å²) in [7, 11) is 0. The van der Waals surface area contributed by atoms with Gasteiger partial charge in [0.25, 0.3) is 0 Å². The smallest absolute Gasteiger partial charge is 0.0967 e. The standard InChI is InChI=1S/C11H25NO2/c1-3-7-11(2)12-10-14-9-6-4-5-8-13/h11-13H,3-10H2,1-2H3. The largest absolute Gasteiger partial charge is 0.396 e. The monoisotopic (exact) mass is 203 g/mol. The first-order valence-corrected chi connectivity index (χ1v) is 5.73. The van der Waals surface area contributed by atoms with Crippen molar-refractivity contribution in [3.05, 3.63) is 0 Å². The van der Waals surface area contributed by atoms with Crippen LogP contribution in [0.25, 0.3) is 0 Å². The van der Waals surface area contributed by atoms with Crippen LogP contribution in [0.1, 0.15) is 46.0 Å². The molecule has 1 unspecified atom stereocenters. The minimum atomic E-state index is 0.297. The van der Waals surface area contributed by atoms with Crippen molar-refractivity contribution in [3.8, 4) is 0 Å². The molecule has 0 aliphatic heterocycles. The van der Waals surface area contributed by atoms with E-state index in [1.165, 1.54) is 12.8 Å². The number of hydrogen-bond donors (Lipinski definition) is 2. The van der Waals surface area contributed by atoms with Crippen molar-refractivity contribution >= 4 is 0 Å². The van der Waals surface area contributed by atoms with Crippen molar-refractivity contribution < 1.29 is 9.84 Å². The molecule has 86 valence electrons. The molecular weight excluding hydrogens is 178 g/mol. The fourth-order valence-corrected chi connectivity index (χ4v) is 1.30. The van der Waals surface area contributed by atoms with Gasteiger partial charge in [-0.1, -0.05) is 13.3 Å². The first-order chi connectivity index (χ1) is 6.81. The Morgan fingerprint density at radius 3 is 2.71 bits per heavy atom. The lowest BCUT2D eigenvalue weighted by atomic mass is 10.2. The summed E-state index contributed by atoms with van der Waals surface area (Å²) < 4.78 is 5.40. The summed E-state index contributed by atoms with van der Waals surface area (Å²) in [5.41, 5.74) is 0. The Labute approximate surface area is 87.8 Å². The third kappa shape index (κ3) is 9.96. The molecule has 0 aromatic heterocycles. The van der Waals surface area contributed by atoms with E-state index in [4.69, 9.17) is 9.84 Å². The van der Waals surface area contributed by atoms with Crippen LogP contribution in [0.2, 0.25) is 0 Å². The molecule has 0 amide bonds. The summed E-state index contributed by atoms with van der Waals surface area (Å²) in [5.74, 6) is 0. The number of ether oxygens (including phenoxy) is 1. The lowest BCUT2D eigenvalue weighted by Crippen LogP contribution is -2.28. The van der Waals surface area contributed by atoms with Gasteiger partial charge < -0.3 is 9.84 Å². The SMILES string of the molecule is CCCC(C)NCOCCCCCO. The summed E-state index contributed by atoms with van der Waals surface area (Å²) in [6.45, 7) is 6.12. The van der Waals surface area contributed by atoms with E-state index in [-0.39, 0.29) is 0 Å². The van der Waals surface area contributed by atoms with Crippen LogP contribution in [0.4, 0.5) is 0 Å². The molecule has 0 aromatic carbocycles. The lowest BCUT2D eigenvalue weighted by Gasteiger charge is -2.12. The summed E-state index contributed by atoms with van der Waals surface area (Å²) in [6.07, 6.45) is 5.41. The Bertz CT molecular complexity index is 109. The van der Waals surface area contributed by atoms with Crippen LogP contribution < -0.4 is 5.32 Å². The predicted octanol–water partition coefficient (Wildman–Crippen LogP) is 1.90. The Morgan fingerprint density at radius 2 is 2.07 bits per heavy atom. The molecule has 0 heterocycles. The first-order valence-electron chi connectivity index (χ1n) is 5.73. The van der Waals surface area contributed by atoms with Gasteiger partial charge in [0.05, 0.1) is 6.73 Å². The van der Waals surface area contributed by atoms with Crippen LogP contribution in [0.15, 0.2) is 0 Å². The van der Waals surface area contributed by atoms with Gasteiger partial charge in [0.2, 0.25) is 0 Å². The molecule has 0 aromatic rings. The maximum Gasteiger partial charge on any atom is 0.0967 e. The fourth-order valence-electron chi connectivity index (χ4n) is 1.30. The maximum absolute atomic E-state index is 8.55. The third-order valence-electron chi connectivity index (χ3n) is 2.20. The molecule has 2 N–H and O–H groups in total. The zero-order valence-electron chi connectivity index (χ0n) is 9.59. The van der Waals surface area contributed by atoms with Gasteiger partial charge in [-0.3, -0.25) is 5.32 Å². The molecule has 0 aliphatic rings. The summed E-state index contributed by atoms with van der Waals surface area (Å²) in [5, 5.41) is 11.9. The highest BCUT2D eigenvalue weighted by molar-refractivity contribution is 4.55. The quantitative estimate of drug-likeness (QED) is 0.421. The summed E-state index contributed by atoms with van der Waals surface area (Å²) in [6, 6.07) is 0.553. The second kappa shape index (κ2) is 11.0. The van der Waals surface area contributed by atoms with Crippen LogP contribution in [-0.2, 0) is 4.74 Å². The first kappa shape index (κ1) is 13.9. The van der Waals surface area contributed by atoms with Gasteiger partial charge in [-0.15, -0.1) is 0 Å². The number of rotatable bonds is 10. The molecule has 0 fully saturated rings. The minimum absolute atomic E-state index is 0.297. The second-order valence-electron chi connectivity index (χ2n) is 3.73. The average Bonchev–Trinajstić information content (AvgIpc) is 2.17. The van der Waals surface area contributed by atoms with Crippen LogP contribution >= 0.6 is 0 Å². The Morgan fingerprint density at radius 1 is 1.29 bits per heavy atom. The third-order valence-corrected chi connectivity index (χ3v) is 2.20. The predicted molar refractivity (Wildman–Crippen MR) is 59.3 cm³/mol.